The molecule has 31 heavy (non-hydrogen) atoms. The van der Waals surface area contributed by atoms with E-state index >= 15 is 0 Å². The number of halogens is 2. The molecule has 1 N–H and O–H groups in total. The highest BCUT2D eigenvalue weighted by atomic mass is 35.5. The summed E-state index contributed by atoms with van der Waals surface area (Å²) in [4.78, 5) is 7.35. The zero-order valence-electron chi connectivity index (χ0n) is 18.6. The maximum absolute atomic E-state index is 6.36. The molecule has 6 heteroatoms. The maximum Gasteiger partial charge on any atom is 0.179 e. The van der Waals surface area contributed by atoms with Crippen LogP contribution in [0, 0.1) is 5.41 Å². The summed E-state index contributed by atoms with van der Waals surface area (Å²) in [5, 5.41) is 5.31. The summed E-state index contributed by atoms with van der Waals surface area (Å²) in [6.45, 7) is 10.9. The highest BCUT2D eigenvalue weighted by Crippen LogP contribution is 2.34. The van der Waals surface area contributed by atoms with E-state index in [1.807, 2.05) is 36.4 Å². The summed E-state index contributed by atoms with van der Waals surface area (Å²) >= 11 is 18.1. The fourth-order valence-corrected chi connectivity index (χ4v) is 4.47. The average molecular weight is 475 g/mol. The fourth-order valence-electron chi connectivity index (χ4n) is 3.59. The number of aliphatic imine (C=N–C) groups is 1. The van der Waals surface area contributed by atoms with Crippen LogP contribution in [0.2, 0.25) is 10.0 Å². The van der Waals surface area contributed by atoms with E-state index in [0.29, 0.717) is 15.2 Å². The molecule has 0 aliphatic carbocycles. The third-order valence-corrected chi connectivity index (χ3v) is 6.56. The van der Waals surface area contributed by atoms with E-state index in [9.17, 15) is 0 Å². The number of benzene rings is 2. The molecule has 3 nitrogen and oxygen atoms in total. The first-order valence-corrected chi connectivity index (χ1v) is 11.6. The lowest BCUT2D eigenvalue weighted by Gasteiger charge is -2.35. The van der Waals surface area contributed by atoms with Crippen LogP contribution < -0.4 is 10.2 Å². The Morgan fingerprint density at radius 2 is 1.84 bits per heavy atom. The minimum absolute atomic E-state index is 0.0776. The van der Waals surface area contributed by atoms with Crippen LogP contribution in [0.1, 0.15) is 46.6 Å². The summed E-state index contributed by atoms with van der Waals surface area (Å²) in [6, 6.07) is 15.7. The topological polar surface area (TPSA) is 27.6 Å². The first kappa shape index (κ1) is 23.8. The van der Waals surface area contributed by atoms with Gasteiger partial charge in [-0.2, -0.15) is 0 Å². The molecule has 164 valence electrons. The van der Waals surface area contributed by atoms with Gasteiger partial charge in [0.05, 0.1) is 6.04 Å². The predicted octanol–water partition coefficient (Wildman–Crippen LogP) is 7.38. The SMILES string of the molecule is CCC1(C)C(=NC(C=Cc2ccc(Cl)cc2Cl)C(C)(C)C)NC(=S)N1c1ccccc1. The van der Waals surface area contributed by atoms with E-state index in [0.717, 1.165) is 23.5 Å². The Hall–Kier alpha value is -1.88. The molecule has 0 amide bonds. The van der Waals surface area contributed by atoms with Crippen LogP contribution in [0.5, 0.6) is 0 Å². The van der Waals surface area contributed by atoms with Gasteiger partial charge in [-0.25, -0.2) is 0 Å². The number of anilines is 1. The van der Waals surface area contributed by atoms with Crippen molar-refractivity contribution < 1.29 is 0 Å². The highest BCUT2D eigenvalue weighted by molar-refractivity contribution is 7.80. The van der Waals surface area contributed by atoms with Gasteiger partial charge in [0.15, 0.2) is 5.11 Å². The lowest BCUT2D eigenvalue weighted by atomic mass is 9.86. The van der Waals surface area contributed by atoms with E-state index in [4.69, 9.17) is 40.4 Å². The number of amidine groups is 1. The van der Waals surface area contributed by atoms with Crippen molar-refractivity contribution in [3.8, 4) is 0 Å². The first-order valence-electron chi connectivity index (χ1n) is 10.4. The van der Waals surface area contributed by atoms with Crippen molar-refractivity contribution >= 4 is 58.1 Å². The standard InChI is InChI=1S/C25H29Cl2N3S/c1-6-25(5)22(29-23(31)30(25)19-10-8-7-9-11-19)28-21(24(2,3)4)15-13-17-12-14-18(26)16-20(17)27/h7-16,21H,6H2,1-5H3,(H,28,29,31). The molecule has 0 spiro atoms. The lowest BCUT2D eigenvalue weighted by molar-refractivity contribution is 0.366. The van der Waals surface area contributed by atoms with Crippen molar-refractivity contribution in [3.05, 3.63) is 70.2 Å². The van der Waals surface area contributed by atoms with Crippen LogP contribution in [0.25, 0.3) is 6.08 Å². The van der Waals surface area contributed by atoms with Crippen molar-refractivity contribution in [1.82, 2.24) is 5.32 Å². The molecule has 0 radical (unpaired) electrons. The molecule has 1 saturated heterocycles. The Kier molecular flexibility index (Phi) is 7.14. The zero-order chi connectivity index (χ0) is 22.8. The normalized spacial score (nSPS) is 21.7. The van der Waals surface area contributed by atoms with Crippen LogP contribution in [-0.2, 0) is 0 Å². The number of para-hydroxylation sites is 1. The van der Waals surface area contributed by atoms with Crippen LogP contribution in [0.4, 0.5) is 5.69 Å². The molecular weight excluding hydrogens is 445 g/mol. The Balaban J connectivity index is 2.00. The van der Waals surface area contributed by atoms with Crippen LogP contribution in [0.3, 0.4) is 0 Å². The van der Waals surface area contributed by atoms with Crippen molar-refractivity contribution in [2.24, 2.45) is 10.4 Å². The van der Waals surface area contributed by atoms with Gasteiger partial charge in [0, 0.05) is 15.7 Å². The minimum atomic E-state index is -0.353. The molecule has 1 aliphatic rings. The van der Waals surface area contributed by atoms with Crippen LogP contribution in [0.15, 0.2) is 59.6 Å². The third kappa shape index (κ3) is 5.14. The Morgan fingerprint density at radius 3 is 2.42 bits per heavy atom. The number of nitrogens with zero attached hydrogens (tertiary/aromatic N) is 2. The molecule has 1 aliphatic heterocycles. The van der Waals surface area contributed by atoms with Gasteiger partial charge < -0.3 is 10.2 Å². The number of thiocarbonyl (C=S) groups is 1. The molecule has 2 unspecified atom stereocenters. The molecule has 0 saturated carbocycles. The van der Waals surface area contributed by atoms with E-state index in [1.54, 1.807) is 6.07 Å². The van der Waals surface area contributed by atoms with Gasteiger partial charge in [-0.15, -0.1) is 0 Å². The Labute approximate surface area is 201 Å². The molecule has 0 bridgehead atoms. The van der Waals surface area contributed by atoms with Crippen molar-refractivity contribution in [2.45, 2.75) is 52.6 Å². The number of hydrogen-bond donors (Lipinski definition) is 1. The molecule has 2 aromatic rings. The smallest absolute Gasteiger partial charge is 0.179 e. The van der Waals surface area contributed by atoms with Gasteiger partial charge in [-0.3, -0.25) is 4.99 Å². The number of nitrogens with one attached hydrogen (secondary N) is 1. The van der Waals surface area contributed by atoms with E-state index in [1.165, 1.54) is 0 Å². The van der Waals surface area contributed by atoms with Crippen LogP contribution in [-0.4, -0.2) is 22.5 Å². The second-order valence-corrected chi connectivity index (χ2v) is 10.3. The predicted molar refractivity (Wildman–Crippen MR) is 140 cm³/mol. The van der Waals surface area contributed by atoms with Crippen molar-refractivity contribution in [3.63, 3.8) is 0 Å². The second kappa shape index (κ2) is 9.32. The average Bonchev–Trinajstić information content (AvgIpc) is 2.96. The second-order valence-electron chi connectivity index (χ2n) is 9.04. The molecular formula is C25H29Cl2N3S. The summed E-state index contributed by atoms with van der Waals surface area (Å²) in [5.41, 5.74) is 1.53. The number of hydrogen-bond acceptors (Lipinski definition) is 2. The van der Waals surface area contributed by atoms with Crippen molar-refractivity contribution in [1.29, 1.82) is 0 Å². The van der Waals surface area contributed by atoms with E-state index in [2.05, 4.69) is 63.0 Å². The van der Waals surface area contributed by atoms with Gasteiger partial charge >= 0.3 is 0 Å². The highest BCUT2D eigenvalue weighted by Gasteiger charge is 2.45. The van der Waals surface area contributed by atoms with Gasteiger partial charge in [0.2, 0.25) is 0 Å². The molecule has 1 heterocycles. The zero-order valence-corrected chi connectivity index (χ0v) is 20.9. The largest absolute Gasteiger partial charge is 0.319 e. The fraction of sp³-hybridized carbons (Fsp3) is 0.360. The van der Waals surface area contributed by atoms with Crippen LogP contribution >= 0.6 is 35.4 Å². The molecule has 2 aromatic carbocycles. The number of rotatable bonds is 5. The maximum atomic E-state index is 6.36. The Morgan fingerprint density at radius 1 is 1.16 bits per heavy atom. The van der Waals surface area contributed by atoms with E-state index in [-0.39, 0.29) is 17.0 Å². The summed E-state index contributed by atoms with van der Waals surface area (Å²) in [7, 11) is 0. The monoisotopic (exact) mass is 473 g/mol. The quantitative estimate of drug-likeness (QED) is 0.458. The van der Waals surface area contributed by atoms with Crippen molar-refractivity contribution in [2.75, 3.05) is 4.90 Å². The summed E-state index contributed by atoms with van der Waals surface area (Å²) in [6.07, 6.45) is 4.98. The molecule has 3 rings (SSSR count). The van der Waals surface area contributed by atoms with Gasteiger partial charge in [-0.05, 0) is 60.8 Å². The lowest BCUT2D eigenvalue weighted by Crippen LogP contribution is -2.47. The summed E-state index contributed by atoms with van der Waals surface area (Å²) in [5.74, 6) is 0.885. The molecule has 0 aromatic heterocycles. The minimum Gasteiger partial charge on any atom is -0.319 e. The van der Waals surface area contributed by atoms with Gasteiger partial charge in [0.25, 0.3) is 0 Å². The Bertz CT molecular complexity index is 1010. The third-order valence-electron chi connectivity index (χ3n) is 5.71. The van der Waals surface area contributed by atoms with Gasteiger partial charge in [-0.1, -0.05) is 87.3 Å². The summed E-state index contributed by atoms with van der Waals surface area (Å²) < 4.78 is 0. The van der Waals surface area contributed by atoms with Gasteiger partial charge in [0.1, 0.15) is 11.4 Å². The molecule has 1 fully saturated rings. The van der Waals surface area contributed by atoms with E-state index < -0.39 is 0 Å². The molecule has 2 atom stereocenters. The first-order chi connectivity index (χ1) is 14.6.